The molecule has 3 nitrogen and oxygen atoms in total. The van der Waals surface area contributed by atoms with Crippen LogP contribution in [0.2, 0.25) is 0 Å². The summed E-state index contributed by atoms with van der Waals surface area (Å²) in [5.74, 6) is 0. The van der Waals surface area contributed by atoms with Crippen LogP contribution < -0.4 is 9.75 Å². The van der Waals surface area contributed by atoms with Crippen molar-refractivity contribution in [2.45, 2.75) is 6.92 Å². The first-order chi connectivity index (χ1) is 11.8. The van der Waals surface area contributed by atoms with E-state index in [0.717, 1.165) is 32.9 Å². The van der Waals surface area contributed by atoms with Gasteiger partial charge in [-0.05, 0) is 31.8 Å². The Kier molecular flexibility index (Phi) is 3.67. The number of hydrogen-bond acceptors (Lipinski definition) is 4. The van der Waals surface area contributed by atoms with Crippen LogP contribution in [-0.2, 0) is 0 Å². The van der Waals surface area contributed by atoms with E-state index in [4.69, 9.17) is 4.98 Å². The molecular weight excluding hydrogens is 314 g/mol. The highest BCUT2D eigenvalue weighted by molar-refractivity contribution is 7.17. The molecule has 0 amide bonds. The maximum atomic E-state index is 4.80. The molecule has 4 aromatic rings. The second kappa shape index (κ2) is 5.98. The van der Waals surface area contributed by atoms with Crippen molar-refractivity contribution in [1.29, 1.82) is 0 Å². The average Bonchev–Trinajstić information content (AvgIpc) is 2.99. The molecule has 0 unspecified atom stereocenters. The van der Waals surface area contributed by atoms with Gasteiger partial charge in [0, 0.05) is 37.6 Å². The van der Waals surface area contributed by atoms with Gasteiger partial charge in [-0.25, -0.2) is 4.98 Å². The molecule has 0 bridgehead atoms. The van der Waals surface area contributed by atoms with E-state index in [1.165, 1.54) is 9.23 Å². The maximum absolute atomic E-state index is 4.80. The molecule has 0 aliphatic carbocycles. The molecule has 0 atom stereocenters. The molecule has 3 aromatic heterocycles. The van der Waals surface area contributed by atoms with Gasteiger partial charge in [-0.3, -0.25) is 9.98 Å². The fraction of sp³-hybridized carbons (Fsp3) is 0.0500. The lowest BCUT2D eigenvalue weighted by Gasteiger charge is -2.04. The van der Waals surface area contributed by atoms with Crippen molar-refractivity contribution in [2.75, 3.05) is 0 Å². The van der Waals surface area contributed by atoms with E-state index < -0.39 is 0 Å². The Morgan fingerprint density at radius 3 is 2.83 bits per heavy atom. The number of para-hydroxylation sites is 1. The summed E-state index contributed by atoms with van der Waals surface area (Å²) >= 11 is 1.73. The number of pyridine rings is 2. The number of rotatable bonds is 2. The second-order valence-corrected chi connectivity index (χ2v) is 6.49. The molecule has 0 N–H and O–H groups in total. The average molecular weight is 329 g/mol. The van der Waals surface area contributed by atoms with Crippen LogP contribution in [0.4, 0.5) is 0 Å². The number of hydrogen-bond donors (Lipinski definition) is 0. The fourth-order valence-electron chi connectivity index (χ4n) is 2.91. The number of thiophene rings is 1. The van der Waals surface area contributed by atoms with Gasteiger partial charge >= 0.3 is 0 Å². The lowest BCUT2D eigenvalue weighted by atomic mass is 10.1. The van der Waals surface area contributed by atoms with Gasteiger partial charge < -0.3 is 0 Å². The zero-order valence-corrected chi connectivity index (χ0v) is 14.0. The van der Waals surface area contributed by atoms with E-state index in [0.29, 0.717) is 0 Å². The first-order valence-electron chi connectivity index (χ1n) is 7.68. The second-order valence-electron chi connectivity index (χ2n) is 5.40. The molecule has 4 rings (SSSR count). The van der Waals surface area contributed by atoms with Gasteiger partial charge in [-0.15, -0.1) is 11.3 Å². The first kappa shape index (κ1) is 14.7. The zero-order valence-electron chi connectivity index (χ0n) is 13.2. The Labute approximate surface area is 143 Å². The summed E-state index contributed by atoms with van der Waals surface area (Å²) in [6.45, 7) is 5.64. The summed E-state index contributed by atoms with van der Waals surface area (Å²) in [5, 5.41) is 3.28. The van der Waals surface area contributed by atoms with Gasteiger partial charge in [-0.2, -0.15) is 0 Å². The summed E-state index contributed by atoms with van der Waals surface area (Å²) < 4.78 is 2.35. The van der Waals surface area contributed by atoms with Gasteiger partial charge in [0.15, 0.2) is 0 Å². The quantitative estimate of drug-likeness (QED) is 0.525. The highest BCUT2D eigenvalue weighted by Gasteiger charge is 2.11. The Bertz CT molecular complexity index is 1190. The SMILES string of the molecule is C=N/C=c1\c(=C/C)sc2ccnc(-c3ccc4ccccc4n3)c12. The van der Waals surface area contributed by atoms with Crippen molar-refractivity contribution < 1.29 is 0 Å². The summed E-state index contributed by atoms with van der Waals surface area (Å²) in [6.07, 6.45) is 5.75. The lowest BCUT2D eigenvalue weighted by molar-refractivity contribution is 1.30. The van der Waals surface area contributed by atoms with Crippen molar-refractivity contribution in [2.24, 2.45) is 4.99 Å². The van der Waals surface area contributed by atoms with E-state index in [2.05, 4.69) is 34.9 Å². The fourth-order valence-corrected chi connectivity index (χ4v) is 3.97. The lowest BCUT2D eigenvalue weighted by Crippen LogP contribution is -2.18. The maximum Gasteiger partial charge on any atom is 0.0979 e. The van der Waals surface area contributed by atoms with Gasteiger partial charge in [-0.1, -0.05) is 30.3 Å². The standard InChI is InChI=1S/C20H15N3S/c1-3-17-14(12-21-2)19-18(24-17)10-11-22-20(19)16-9-8-13-6-4-5-7-15(13)23-16/h3-12H,2H2,1H3/b14-12+,17-3+. The van der Waals surface area contributed by atoms with Crippen LogP contribution in [0.25, 0.3) is 44.7 Å². The molecule has 4 heteroatoms. The molecule has 3 heterocycles. The molecule has 24 heavy (non-hydrogen) atoms. The van der Waals surface area contributed by atoms with Crippen LogP contribution in [0, 0.1) is 0 Å². The topological polar surface area (TPSA) is 38.1 Å². The van der Waals surface area contributed by atoms with Crippen molar-refractivity contribution in [3.63, 3.8) is 0 Å². The van der Waals surface area contributed by atoms with E-state index in [1.807, 2.05) is 43.5 Å². The molecule has 0 aliphatic heterocycles. The van der Waals surface area contributed by atoms with E-state index >= 15 is 0 Å². The summed E-state index contributed by atoms with van der Waals surface area (Å²) in [4.78, 5) is 13.4. The van der Waals surface area contributed by atoms with Crippen LogP contribution in [0.5, 0.6) is 0 Å². The molecule has 0 saturated carbocycles. The Balaban J connectivity index is 2.11. The minimum Gasteiger partial charge on any atom is -0.272 e. The highest BCUT2D eigenvalue weighted by atomic mass is 32.1. The van der Waals surface area contributed by atoms with Gasteiger partial charge in [0.1, 0.15) is 0 Å². The largest absolute Gasteiger partial charge is 0.272 e. The number of aromatic nitrogens is 2. The molecular formula is C20H15N3S. The third kappa shape index (κ3) is 2.32. The molecule has 0 spiro atoms. The van der Waals surface area contributed by atoms with Crippen molar-refractivity contribution in [3.05, 3.63) is 58.4 Å². The summed E-state index contributed by atoms with van der Waals surface area (Å²) in [6, 6.07) is 14.3. The Hall–Kier alpha value is -2.85. The zero-order chi connectivity index (χ0) is 16.5. The van der Waals surface area contributed by atoms with Crippen LogP contribution in [0.15, 0.2) is 53.7 Å². The number of aliphatic imine (C=N–C) groups is 1. The monoisotopic (exact) mass is 329 g/mol. The van der Waals surface area contributed by atoms with Gasteiger partial charge in [0.05, 0.1) is 16.9 Å². The number of fused-ring (bicyclic) bond motifs is 2. The van der Waals surface area contributed by atoms with E-state index in [9.17, 15) is 0 Å². The molecule has 0 fully saturated rings. The van der Waals surface area contributed by atoms with E-state index in [-0.39, 0.29) is 0 Å². The predicted octanol–water partition coefficient (Wildman–Crippen LogP) is 3.75. The third-order valence-corrected chi connectivity index (χ3v) is 5.23. The molecule has 0 radical (unpaired) electrons. The Morgan fingerprint density at radius 1 is 1.12 bits per heavy atom. The highest BCUT2D eigenvalue weighted by Crippen LogP contribution is 2.26. The smallest absolute Gasteiger partial charge is 0.0979 e. The minimum atomic E-state index is 0.874. The molecule has 116 valence electrons. The molecule has 0 saturated heterocycles. The molecule has 0 aliphatic rings. The van der Waals surface area contributed by atoms with Crippen LogP contribution >= 0.6 is 11.3 Å². The number of benzene rings is 1. The first-order valence-corrected chi connectivity index (χ1v) is 8.49. The van der Waals surface area contributed by atoms with Crippen LogP contribution in [-0.4, -0.2) is 16.7 Å². The van der Waals surface area contributed by atoms with E-state index in [1.54, 1.807) is 17.5 Å². The van der Waals surface area contributed by atoms with Crippen molar-refractivity contribution in [3.8, 4) is 11.4 Å². The third-order valence-electron chi connectivity index (χ3n) is 3.99. The molecule has 1 aromatic carbocycles. The van der Waals surface area contributed by atoms with Crippen LogP contribution in [0.3, 0.4) is 0 Å². The number of nitrogens with zero attached hydrogens (tertiary/aromatic N) is 3. The van der Waals surface area contributed by atoms with Crippen molar-refractivity contribution >= 4 is 51.3 Å². The van der Waals surface area contributed by atoms with Crippen LogP contribution in [0.1, 0.15) is 6.92 Å². The Morgan fingerprint density at radius 2 is 2.00 bits per heavy atom. The minimum absolute atomic E-state index is 0.874. The normalized spacial score (nSPS) is 13.0. The van der Waals surface area contributed by atoms with Gasteiger partial charge in [0.2, 0.25) is 0 Å². The van der Waals surface area contributed by atoms with Gasteiger partial charge in [0.25, 0.3) is 0 Å². The van der Waals surface area contributed by atoms with Crippen molar-refractivity contribution in [1.82, 2.24) is 9.97 Å². The summed E-state index contributed by atoms with van der Waals surface area (Å²) in [5.41, 5.74) is 2.73. The predicted molar refractivity (Wildman–Crippen MR) is 104 cm³/mol. The summed E-state index contributed by atoms with van der Waals surface area (Å²) in [7, 11) is 0.